The number of carbonyl (C=O) groups is 1. The summed E-state index contributed by atoms with van der Waals surface area (Å²) in [6.07, 6.45) is 0.919. The number of halogens is 1. The van der Waals surface area contributed by atoms with Crippen LogP contribution in [0, 0.1) is 11.7 Å². The molecular weight excluding hydrogens is 352 g/mol. The molecule has 1 aliphatic heterocycles. The predicted molar refractivity (Wildman–Crippen MR) is 70.4 cm³/mol. The minimum absolute atomic E-state index is 0. The van der Waals surface area contributed by atoms with E-state index in [1.54, 1.807) is 12.1 Å². The molecule has 0 aliphatic carbocycles. The van der Waals surface area contributed by atoms with E-state index in [4.69, 9.17) is 14.6 Å². The van der Waals surface area contributed by atoms with E-state index >= 15 is 0 Å². The Balaban J connectivity index is 0.00000220. The van der Waals surface area contributed by atoms with Crippen LogP contribution in [0.3, 0.4) is 0 Å². The molecule has 0 unspecified atom stereocenters. The molecule has 1 saturated heterocycles. The van der Waals surface area contributed by atoms with Crippen LogP contribution in [0.1, 0.15) is 31.7 Å². The predicted octanol–water partition coefficient (Wildman–Crippen LogP) is 2.87. The van der Waals surface area contributed by atoms with Crippen LogP contribution in [-0.2, 0) is 52.8 Å². The van der Waals surface area contributed by atoms with Gasteiger partial charge in [-0.25, -0.2) is 4.39 Å². The maximum atomic E-state index is 13.0. The van der Waals surface area contributed by atoms with E-state index in [0.29, 0.717) is 26.1 Å². The van der Waals surface area contributed by atoms with Gasteiger partial charge in [0.2, 0.25) is 0 Å². The van der Waals surface area contributed by atoms with Crippen LogP contribution in [-0.4, -0.2) is 24.3 Å². The maximum Gasteiger partial charge on any atom is 0.303 e. The summed E-state index contributed by atoms with van der Waals surface area (Å²) in [5.41, 5.74) is 0.719. The van der Waals surface area contributed by atoms with E-state index < -0.39 is 11.8 Å². The molecule has 0 bridgehead atoms. The summed E-state index contributed by atoms with van der Waals surface area (Å²) >= 11 is 0. The summed E-state index contributed by atoms with van der Waals surface area (Å²) in [7, 11) is 0. The minimum atomic E-state index is -0.970. The number of hydrogen-bond acceptors (Lipinski definition) is 3. The molecule has 21 heavy (non-hydrogen) atoms. The van der Waals surface area contributed by atoms with Crippen molar-refractivity contribution in [2.24, 2.45) is 0 Å². The molecule has 0 amide bonds. The Bertz CT molecular complexity index is 455. The second-order valence-electron chi connectivity index (χ2n) is 5.04. The zero-order valence-electron chi connectivity index (χ0n) is 12.0. The zero-order valence-corrected chi connectivity index (χ0v) is 14.8. The standard InChI is InChI=1S/C15H18FO4.Y/c1-11-9-19-15(20-10-11,8-2-3-14(17)18)12-4-6-13(16)7-5-12;/h4-7H,2-3,8-10H2,1H3,(H,17,18);/q-1;. The van der Waals surface area contributed by atoms with Crippen LogP contribution >= 0.6 is 0 Å². The average molecular weight is 370 g/mol. The Morgan fingerprint density at radius 1 is 1.33 bits per heavy atom. The maximum absolute atomic E-state index is 13.0. The van der Waals surface area contributed by atoms with Crippen molar-refractivity contribution in [3.05, 3.63) is 41.6 Å². The summed E-state index contributed by atoms with van der Waals surface area (Å²) in [4.78, 5) is 10.6. The fourth-order valence-corrected chi connectivity index (χ4v) is 2.19. The number of hydrogen-bond donors (Lipinski definition) is 1. The first-order chi connectivity index (χ1) is 9.52. The third kappa shape index (κ3) is 5.10. The molecule has 1 radical (unpaired) electrons. The quantitative estimate of drug-likeness (QED) is 0.810. The molecule has 2 rings (SSSR count). The Labute approximate surface area is 148 Å². The Morgan fingerprint density at radius 3 is 2.43 bits per heavy atom. The number of benzene rings is 1. The molecule has 0 saturated carbocycles. The molecule has 1 aliphatic rings. The Kier molecular flexibility index (Phi) is 7.41. The number of aliphatic carboxylic acids is 1. The number of carboxylic acids is 1. The first kappa shape index (κ1) is 18.7. The van der Waals surface area contributed by atoms with Crippen molar-refractivity contribution in [3.8, 4) is 0 Å². The summed E-state index contributed by atoms with van der Waals surface area (Å²) in [6, 6.07) is 5.95. The molecular formula is C15H18FO4Y-. The third-order valence-electron chi connectivity index (χ3n) is 3.28. The summed E-state index contributed by atoms with van der Waals surface area (Å²) in [6.45, 7) is 2.86. The molecule has 6 heteroatoms. The number of rotatable bonds is 5. The molecule has 0 aromatic heterocycles. The third-order valence-corrected chi connectivity index (χ3v) is 3.28. The van der Waals surface area contributed by atoms with E-state index in [2.05, 4.69) is 0 Å². The van der Waals surface area contributed by atoms with Gasteiger partial charge in [-0.3, -0.25) is 10.7 Å². The van der Waals surface area contributed by atoms with E-state index in [0.717, 1.165) is 11.5 Å². The van der Waals surface area contributed by atoms with Crippen LogP contribution in [0.5, 0.6) is 0 Å². The van der Waals surface area contributed by atoms with Crippen molar-refractivity contribution in [3.63, 3.8) is 0 Å². The van der Waals surface area contributed by atoms with Crippen molar-refractivity contribution >= 4 is 5.97 Å². The molecule has 0 spiro atoms. The normalized spacial score (nSPS) is 18.0. The van der Waals surface area contributed by atoms with Crippen molar-refractivity contribution in [2.45, 2.75) is 32.0 Å². The molecule has 1 heterocycles. The van der Waals surface area contributed by atoms with E-state index in [9.17, 15) is 9.18 Å². The first-order valence-corrected chi connectivity index (χ1v) is 6.59. The Hall–Kier alpha value is -0.356. The van der Waals surface area contributed by atoms with Gasteiger partial charge < -0.3 is 14.6 Å². The molecule has 1 aromatic carbocycles. The van der Waals surface area contributed by atoms with Gasteiger partial charge in [-0.1, -0.05) is 25.3 Å². The second kappa shape index (κ2) is 8.32. The van der Waals surface area contributed by atoms with Gasteiger partial charge in [0.1, 0.15) is 5.82 Å². The number of carboxylic acid groups (broad SMARTS) is 1. The molecule has 1 aromatic rings. The zero-order chi connectivity index (χ0) is 14.6. The molecule has 1 N–H and O–H groups in total. The second-order valence-corrected chi connectivity index (χ2v) is 5.04. The van der Waals surface area contributed by atoms with Crippen LogP contribution in [0.15, 0.2) is 24.3 Å². The van der Waals surface area contributed by atoms with Crippen molar-refractivity contribution in [2.75, 3.05) is 13.2 Å². The van der Waals surface area contributed by atoms with Crippen LogP contribution in [0.25, 0.3) is 0 Å². The summed E-state index contributed by atoms with van der Waals surface area (Å²) in [5.74, 6) is -1.07. The van der Waals surface area contributed by atoms with E-state index in [1.165, 1.54) is 12.1 Å². The van der Waals surface area contributed by atoms with Gasteiger partial charge >= 0.3 is 5.97 Å². The number of ether oxygens (including phenoxy) is 2. The fraction of sp³-hybridized carbons (Fsp3) is 0.467. The van der Waals surface area contributed by atoms with Gasteiger partial charge in [0, 0.05) is 51.1 Å². The molecule has 4 nitrogen and oxygen atoms in total. The van der Waals surface area contributed by atoms with Crippen LogP contribution in [0.2, 0.25) is 0 Å². The fourth-order valence-electron chi connectivity index (χ4n) is 2.19. The molecule has 0 atom stereocenters. The van der Waals surface area contributed by atoms with E-state index in [-0.39, 0.29) is 44.9 Å². The van der Waals surface area contributed by atoms with Crippen molar-refractivity contribution in [1.29, 1.82) is 0 Å². The van der Waals surface area contributed by atoms with Gasteiger partial charge in [0.25, 0.3) is 0 Å². The van der Waals surface area contributed by atoms with Crippen molar-refractivity contribution < 1.29 is 56.5 Å². The van der Waals surface area contributed by atoms with Gasteiger partial charge in [0.05, 0.1) is 0 Å². The summed E-state index contributed by atoms with van der Waals surface area (Å²) < 4.78 is 24.7. The molecule has 1 fully saturated rings. The van der Waals surface area contributed by atoms with Crippen LogP contribution < -0.4 is 0 Å². The van der Waals surface area contributed by atoms with Crippen LogP contribution in [0.4, 0.5) is 4.39 Å². The van der Waals surface area contributed by atoms with Gasteiger partial charge in [-0.05, 0) is 18.6 Å². The van der Waals surface area contributed by atoms with Gasteiger partial charge in [0.15, 0.2) is 5.79 Å². The first-order valence-electron chi connectivity index (χ1n) is 6.59. The average Bonchev–Trinajstić information content (AvgIpc) is 2.42. The minimum Gasteiger partial charge on any atom is -0.481 e. The largest absolute Gasteiger partial charge is 0.481 e. The topological polar surface area (TPSA) is 55.8 Å². The van der Waals surface area contributed by atoms with Gasteiger partial charge in [-0.2, -0.15) is 6.92 Å². The summed E-state index contributed by atoms with van der Waals surface area (Å²) in [5, 5.41) is 8.74. The van der Waals surface area contributed by atoms with Gasteiger partial charge in [-0.15, -0.1) is 0 Å². The SMILES string of the molecule is C[C-]1COC(CCCC(=O)O)(c2ccc(F)cc2)OC1.[Y]. The molecule has 113 valence electrons. The van der Waals surface area contributed by atoms with Crippen molar-refractivity contribution in [1.82, 2.24) is 0 Å². The van der Waals surface area contributed by atoms with E-state index in [1.807, 2.05) is 6.92 Å². The monoisotopic (exact) mass is 370 g/mol. The Morgan fingerprint density at radius 2 is 1.90 bits per heavy atom. The smallest absolute Gasteiger partial charge is 0.303 e.